The fourth-order valence-corrected chi connectivity index (χ4v) is 5.64. The molecule has 13 nitrogen and oxygen atoms in total. The molecule has 4 amide bonds. The van der Waals surface area contributed by atoms with E-state index in [2.05, 4.69) is 26.0 Å². The first-order valence-corrected chi connectivity index (χ1v) is 17.6. The van der Waals surface area contributed by atoms with Crippen molar-refractivity contribution in [1.29, 1.82) is 0 Å². The van der Waals surface area contributed by atoms with Crippen molar-refractivity contribution in [2.45, 2.75) is 83.3 Å². The SMILES string of the molecule is COC(=O)CCCCCCNC(=O)[C@H](Cc1ccccc1)NC(=O)CNC(=O)[C@@H](CCSC)NC(=O)[C@@H](N)Cc1c(C)cc(O)cc1C.Cl.O. The first-order valence-electron chi connectivity index (χ1n) is 16.2. The van der Waals surface area contributed by atoms with Crippen LogP contribution in [0.15, 0.2) is 42.5 Å². The highest BCUT2D eigenvalue weighted by molar-refractivity contribution is 7.98. The third kappa shape index (κ3) is 17.2. The molecule has 15 heteroatoms. The highest BCUT2D eigenvalue weighted by Crippen LogP contribution is 2.22. The monoisotopic (exact) mass is 739 g/mol. The molecule has 0 spiro atoms. The molecule has 9 N–H and O–H groups in total. The third-order valence-electron chi connectivity index (χ3n) is 7.88. The molecule has 0 saturated carbocycles. The van der Waals surface area contributed by atoms with Crippen LogP contribution in [-0.4, -0.2) is 90.5 Å². The van der Waals surface area contributed by atoms with Gasteiger partial charge in [0.15, 0.2) is 0 Å². The number of carbonyl (C=O) groups excluding carboxylic acids is 5. The number of hydrogen-bond acceptors (Lipinski definition) is 9. The number of phenolic OH excluding ortho intramolecular Hbond substituents is 1. The van der Waals surface area contributed by atoms with Gasteiger partial charge in [-0.1, -0.05) is 43.2 Å². The van der Waals surface area contributed by atoms with Crippen LogP contribution in [0.1, 0.15) is 60.8 Å². The van der Waals surface area contributed by atoms with E-state index in [-0.39, 0.29) is 54.9 Å². The van der Waals surface area contributed by atoms with Crippen molar-refractivity contribution in [3.05, 3.63) is 64.7 Å². The van der Waals surface area contributed by atoms with Crippen LogP contribution in [0.3, 0.4) is 0 Å². The lowest BCUT2D eigenvalue weighted by Crippen LogP contribution is -2.54. The van der Waals surface area contributed by atoms with E-state index in [0.717, 1.165) is 41.5 Å². The van der Waals surface area contributed by atoms with Crippen molar-refractivity contribution in [3.8, 4) is 5.75 Å². The Hall–Kier alpha value is -3.85. The molecule has 2 aromatic rings. The number of halogens is 1. The second-order valence-electron chi connectivity index (χ2n) is 11.8. The Kier molecular flexibility index (Phi) is 23.2. The number of rotatable bonds is 21. The first kappa shape index (κ1) is 46.1. The molecule has 0 aromatic heterocycles. The second-order valence-corrected chi connectivity index (χ2v) is 12.8. The highest BCUT2D eigenvalue weighted by Gasteiger charge is 2.26. The molecular weight excluding hydrogens is 686 g/mol. The summed E-state index contributed by atoms with van der Waals surface area (Å²) < 4.78 is 4.64. The Balaban J connectivity index is 0.0000120. The van der Waals surface area contributed by atoms with Gasteiger partial charge in [0.1, 0.15) is 17.8 Å². The maximum Gasteiger partial charge on any atom is 0.305 e. The van der Waals surface area contributed by atoms with Crippen LogP contribution in [0.5, 0.6) is 5.75 Å². The molecule has 0 bridgehead atoms. The van der Waals surface area contributed by atoms with Crippen LogP contribution in [0.4, 0.5) is 0 Å². The van der Waals surface area contributed by atoms with Crippen molar-refractivity contribution < 1.29 is 39.3 Å². The Morgan fingerprint density at radius 2 is 1.48 bits per heavy atom. The fourth-order valence-electron chi connectivity index (χ4n) is 5.17. The average Bonchev–Trinajstić information content (AvgIpc) is 3.06. The molecule has 2 rings (SSSR count). The van der Waals surface area contributed by atoms with E-state index >= 15 is 0 Å². The van der Waals surface area contributed by atoms with Crippen molar-refractivity contribution in [3.63, 3.8) is 0 Å². The lowest BCUT2D eigenvalue weighted by Gasteiger charge is -2.22. The van der Waals surface area contributed by atoms with E-state index in [9.17, 15) is 29.1 Å². The standard InChI is InChI=1S/C35H51N5O7S.ClH.H2O/c1-23-18-26(41)19-24(2)27(23)21-28(36)33(44)40-29(15-17-48-4)34(45)38-22-31(42)39-30(20-25-12-8-7-9-13-25)35(46)37-16-11-6-5-10-14-32(43)47-3;;/h7-9,12-13,18-19,28-30,41H,5-6,10-11,14-17,20-22,36H2,1-4H3,(H,37,46)(H,38,45)(H,39,42)(H,40,44);1H;1H2/t28-,29+,30-;;/m0../s1. The number of aromatic hydroxyl groups is 1. The van der Waals surface area contributed by atoms with Crippen LogP contribution >= 0.6 is 24.2 Å². The smallest absolute Gasteiger partial charge is 0.305 e. The van der Waals surface area contributed by atoms with Crippen LogP contribution in [0, 0.1) is 13.8 Å². The molecule has 0 saturated heterocycles. The van der Waals surface area contributed by atoms with Crippen molar-refractivity contribution >= 4 is 53.8 Å². The van der Waals surface area contributed by atoms with E-state index in [1.807, 2.05) is 50.4 Å². The summed E-state index contributed by atoms with van der Waals surface area (Å²) in [5, 5.41) is 20.8. The van der Waals surface area contributed by atoms with E-state index in [1.54, 1.807) is 12.1 Å². The number of nitrogens with two attached hydrogens (primary N) is 1. The topological polar surface area (TPSA) is 220 Å². The van der Waals surface area contributed by atoms with Gasteiger partial charge < -0.3 is 42.3 Å². The number of hydrogen-bond donors (Lipinski definition) is 6. The van der Waals surface area contributed by atoms with Crippen LogP contribution < -0.4 is 27.0 Å². The number of unbranched alkanes of at least 4 members (excludes halogenated alkanes) is 3. The molecule has 50 heavy (non-hydrogen) atoms. The number of benzene rings is 2. The van der Waals surface area contributed by atoms with Gasteiger partial charge in [-0.05, 0) is 85.9 Å². The van der Waals surface area contributed by atoms with Crippen LogP contribution in [0.2, 0.25) is 0 Å². The highest BCUT2D eigenvalue weighted by atomic mass is 35.5. The molecule has 3 atom stereocenters. The summed E-state index contributed by atoms with van der Waals surface area (Å²) in [6.07, 6.45) is 6.15. The number of aryl methyl sites for hydroxylation is 2. The van der Waals surface area contributed by atoms with Crippen LogP contribution in [0.25, 0.3) is 0 Å². The first-order chi connectivity index (χ1) is 22.9. The van der Waals surface area contributed by atoms with E-state index in [4.69, 9.17) is 5.73 Å². The zero-order valence-corrected chi connectivity index (χ0v) is 31.0. The van der Waals surface area contributed by atoms with Crippen molar-refractivity contribution in [2.75, 3.05) is 32.2 Å². The van der Waals surface area contributed by atoms with Gasteiger partial charge in [-0.2, -0.15) is 11.8 Å². The minimum atomic E-state index is -0.933. The predicted octanol–water partition coefficient (Wildman–Crippen LogP) is 1.80. The van der Waals surface area contributed by atoms with Gasteiger partial charge in [-0.15, -0.1) is 12.4 Å². The third-order valence-corrected chi connectivity index (χ3v) is 8.52. The van der Waals surface area contributed by atoms with Gasteiger partial charge in [0.2, 0.25) is 23.6 Å². The van der Waals surface area contributed by atoms with Gasteiger partial charge in [0.25, 0.3) is 0 Å². The van der Waals surface area contributed by atoms with E-state index in [0.29, 0.717) is 31.6 Å². The van der Waals surface area contributed by atoms with Crippen LogP contribution in [-0.2, 0) is 41.6 Å². The Morgan fingerprint density at radius 1 is 0.860 bits per heavy atom. The maximum atomic E-state index is 13.1. The summed E-state index contributed by atoms with van der Waals surface area (Å²) in [5.41, 5.74) is 9.55. The molecule has 0 radical (unpaired) electrons. The van der Waals surface area contributed by atoms with Crippen molar-refractivity contribution in [1.82, 2.24) is 21.3 Å². The summed E-state index contributed by atoms with van der Waals surface area (Å²) in [7, 11) is 1.36. The molecule has 0 heterocycles. The van der Waals surface area contributed by atoms with Gasteiger partial charge in [0.05, 0.1) is 19.7 Å². The number of carbonyl (C=O) groups is 5. The fraction of sp³-hybridized carbons (Fsp3) is 0.514. The Morgan fingerprint density at radius 3 is 2.10 bits per heavy atom. The molecule has 280 valence electrons. The Bertz CT molecular complexity index is 1340. The predicted molar refractivity (Wildman–Crippen MR) is 198 cm³/mol. The van der Waals surface area contributed by atoms with Gasteiger partial charge in [0, 0.05) is 19.4 Å². The molecule has 0 fully saturated rings. The van der Waals surface area contributed by atoms with Gasteiger partial charge in [-0.3, -0.25) is 24.0 Å². The lowest BCUT2D eigenvalue weighted by molar-refractivity contribution is -0.140. The van der Waals surface area contributed by atoms with Gasteiger partial charge in [-0.25, -0.2) is 0 Å². The normalized spacial score (nSPS) is 12.2. The summed E-state index contributed by atoms with van der Waals surface area (Å²) in [5.74, 6) is -1.45. The molecule has 2 aromatic carbocycles. The summed E-state index contributed by atoms with van der Waals surface area (Å²) >= 11 is 1.51. The van der Waals surface area contributed by atoms with E-state index < -0.39 is 35.8 Å². The minimum absolute atomic E-state index is 0. The summed E-state index contributed by atoms with van der Waals surface area (Å²) in [6.45, 7) is 3.69. The molecule has 0 aliphatic carbocycles. The Labute approximate surface area is 305 Å². The summed E-state index contributed by atoms with van der Waals surface area (Å²) in [6, 6.07) is 9.80. The molecule has 0 unspecified atom stereocenters. The molecule has 0 aliphatic rings. The average molecular weight is 740 g/mol. The number of thioether (sulfide) groups is 1. The molecule has 0 aliphatic heterocycles. The zero-order chi connectivity index (χ0) is 35.5. The molecular formula is C35H54ClN5O8S. The largest absolute Gasteiger partial charge is 0.508 e. The number of phenols is 1. The second kappa shape index (κ2) is 25.2. The van der Waals surface area contributed by atoms with Crippen molar-refractivity contribution in [2.24, 2.45) is 5.73 Å². The maximum absolute atomic E-state index is 13.1. The zero-order valence-electron chi connectivity index (χ0n) is 29.3. The lowest BCUT2D eigenvalue weighted by atomic mass is 9.96. The number of esters is 1. The summed E-state index contributed by atoms with van der Waals surface area (Å²) in [4.78, 5) is 63.5. The van der Waals surface area contributed by atoms with E-state index in [1.165, 1.54) is 18.9 Å². The van der Waals surface area contributed by atoms with Gasteiger partial charge >= 0.3 is 5.97 Å². The number of methoxy groups -OCH3 is 1. The quantitative estimate of drug-likeness (QED) is 0.0811. The number of nitrogens with one attached hydrogen (secondary N) is 4. The number of ether oxygens (including phenoxy) is 1. The minimum Gasteiger partial charge on any atom is -0.508 e. The number of amides is 4.